The third-order valence-corrected chi connectivity index (χ3v) is 6.00. The molecule has 1 rings (SSSR count). The Labute approximate surface area is 102 Å². The van der Waals surface area contributed by atoms with Gasteiger partial charge < -0.3 is 0 Å². The van der Waals surface area contributed by atoms with Crippen LogP contribution in [0.1, 0.15) is 6.92 Å². The molecule has 0 aromatic carbocycles. The summed E-state index contributed by atoms with van der Waals surface area (Å²) in [6.07, 6.45) is -13.0. The quantitative estimate of drug-likeness (QED) is 0.481. The first kappa shape index (κ1) is 16.5. The van der Waals surface area contributed by atoms with Crippen LogP contribution in [0.25, 0.3) is 0 Å². The van der Waals surface area contributed by atoms with Crippen LogP contribution in [0.5, 0.6) is 0 Å². The van der Waals surface area contributed by atoms with Gasteiger partial charge in [0.15, 0.2) is 0 Å². The van der Waals surface area contributed by atoms with E-state index in [4.69, 9.17) is 0 Å². The molecular formula is C5H4F6O6S2. The van der Waals surface area contributed by atoms with Crippen molar-refractivity contribution < 1.29 is 51.5 Å². The summed E-state index contributed by atoms with van der Waals surface area (Å²) in [5.74, 6) is -5.77. The van der Waals surface area contributed by atoms with Gasteiger partial charge in [-0.15, -0.1) is 0 Å². The van der Waals surface area contributed by atoms with Crippen molar-refractivity contribution in [2.75, 3.05) is 0 Å². The van der Waals surface area contributed by atoms with Crippen molar-refractivity contribution in [2.24, 2.45) is 0 Å². The van der Waals surface area contributed by atoms with Crippen molar-refractivity contribution in [2.45, 2.75) is 29.6 Å². The summed E-state index contributed by atoms with van der Waals surface area (Å²) in [5.41, 5.74) is 0. The molecule has 0 radical (unpaired) electrons. The van der Waals surface area contributed by atoms with Gasteiger partial charge in [-0.2, -0.15) is 43.2 Å². The van der Waals surface area contributed by atoms with Gasteiger partial charge in [-0.3, -0.25) is 0 Å². The second kappa shape index (κ2) is 3.95. The molecule has 1 fully saturated rings. The second-order valence-corrected chi connectivity index (χ2v) is 7.35. The molecule has 6 nitrogen and oxygen atoms in total. The zero-order valence-corrected chi connectivity index (χ0v) is 10.2. The summed E-state index contributed by atoms with van der Waals surface area (Å²) < 4.78 is 122. The molecule has 0 unspecified atom stereocenters. The van der Waals surface area contributed by atoms with Gasteiger partial charge in [-0.25, -0.2) is 8.37 Å². The number of alkyl halides is 6. The first-order valence-electron chi connectivity index (χ1n) is 4.09. The van der Waals surface area contributed by atoms with Crippen LogP contribution in [0.4, 0.5) is 26.3 Å². The molecule has 1 aliphatic rings. The molecule has 0 amide bonds. The monoisotopic (exact) mass is 338 g/mol. The van der Waals surface area contributed by atoms with Crippen LogP contribution in [-0.4, -0.2) is 39.6 Å². The van der Waals surface area contributed by atoms with Crippen molar-refractivity contribution in [1.29, 1.82) is 0 Å². The molecule has 0 aromatic heterocycles. The minimum absolute atomic E-state index is 0.307. The minimum Gasteiger partial charge on any atom is -0.214 e. The van der Waals surface area contributed by atoms with Crippen LogP contribution in [-0.2, 0) is 28.6 Å². The highest BCUT2D eigenvalue weighted by molar-refractivity contribution is 8.05. The second-order valence-electron chi connectivity index (χ2n) is 3.33. The molecule has 0 spiro atoms. The molecule has 0 atom stereocenters. The maximum atomic E-state index is 12.4. The highest BCUT2D eigenvalue weighted by Crippen LogP contribution is 2.51. The molecule has 1 saturated heterocycles. The van der Waals surface area contributed by atoms with E-state index in [2.05, 4.69) is 8.37 Å². The van der Waals surface area contributed by atoms with Crippen LogP contribution in [0.3, 0.4) is 0 Å². The van der Waals surface area contributed by atoms with Gasteiger partial charge >= 0.3 is 18.1 Å². The highest BCUT2D eigenvalue weighted by Gasteiger charge is 2.81. The lowest BCUT2D eigenvalue weighted by Crippen LogP contribution is -2.66. The number of hydrogen-bond acceptors (Lipinski definition) is 6. The van der Waals surface area contributed by atoms with Gasteiger partial charge in [0.2, 0.25) is 4.58 Å². The zero-order valence-electron chi connectivity index (χ0n) is 8.61. The first-order chi connectivity index (χ1) is 8.07. The van der Waals surface area contributed by atoms with E-state index in [1.165, 1.54) is 0 Å². The van der Waals surface area contributed by atoms with Crippen LogP contribution < -0.4 is 0 Å². The Morgan fingerprint density at radius 1 is 0.842 bits per heavy atom. The average molecular weight is 338 g/mol. The maximum absolute atomic E-state index is 12.4. The molecule has 1 aliphatic heterocycles. The maximum Gasteiger partial charge on any atom is 0.455 e. The standard InChI is InChI=1S/C5H4F6O6S2/c1-2-18(12,13)16-3(4(6,7)8,5(9,10)11)17-19(2,14)15/h2H,1H3. The summed E-state index contributed by atoms with van der Waals surface area (Å²) in [6.45, 7) is 0.307. The zero-order chi connectivity index (χ0) is 15.5. The van der Waals surface area contributed by atoms with Crippen molar-refractivity contribution >= 4 is 20.2 Å². The normalized spacial score (nSPS) is 27.1. The van der Waals surface area contributed by atoms with E-state index in [-0.39, 0.29) is 0 Å². The number of halogens is 6. The van der Waals surface area contributed by atoms with Crippen LogP contribution in [0, 0.1) is 0 Å². The van der Waals surface area contributed by atoms with E-state index < -0.39 is 43.0 Å². The summed E-state index contributed by atoms with van der Waals surface area (Å²) in [4.78, 5) is 0. The fourth-order valence-electron chi connectivity index (χ4n) is 0.971. The van der Waals surface area contributed by atoms with E-state index in [0.717, 1.165) is 0 Å². The predicted molar refractivity (Wildman–Crippen MR) is 44.3 cm³/mol. The SMILES string of the molecule is CC1S(=O)(=O)OC(C(F)(F)F)(C(F)(F)F)OS1(=O)=O. The van der Waals surface area contributed by atoms with E-state index >= 15 is 0 Å². The van der Waals surface area contributed by atoms with Crippen LogP contribution >= 0.6 is 0 Å². The Morgan fingerprint density at radius 2 is 1.11 bits per heavy atom. The Hall–Kier alpha value is -0.600. The Morgan fingerprint density at radius 3 is 1.32 bits per heavy atom. The number of rotatable bonds is 0. The molecule has 0 saturated carbocycles. The third-order valence-electron chi connectivity index (χ3n) is 2.03. The summed E-state index contributed by atoms with van der Waals surface area (Å²) >= 11 is 0. The van der Waals surface area contributed by atoms with Crippen molar-refractivity contribution in [3.05, 3.63) is 0 Å². The van der Waals surface area contributed by atoms with Crippen LogP contribution in [0.15, 0.2) is 0 Å². The summed E-state index contributed by atoms with van der Waals surface area (Å²) in [7, 11) is -11.4. The van der Waals surface area contributed by atoms with E-state index in [1.807, 2.05) is 0 Å². The van der Waals surface area contributed by atoms with Gasteiger partial charge in [0.05, 0.1) is 0 Å². The molecule has 0 aromatic rings. The lowest BCUT2D eigenvalue weighted by molar-refractivity contribution is -0.422. The number of hydrogen-bond donors (Lipinski definition) is 0. The smallest absolute Gasteiger partial charge is 0.214 e. The Balaban J connectivity index is 3.63. The lowest BCUT2D eigenvalue weighted by Gasteiger charge is -2.38. The van der Waals surface area contributed by atoms with Crippen molar-refractivity contribution in [3.63, 3.8) is 0 Å². The Bertz CT molecular complexity index is 518. The molecule has 14 heteroatoms. The highest BCUT2D eigenvalue weighted by atomic mass is 32.3. The third kappa shape index (κ3) is 2.41. The molecular weight excluding hydrogens is 334 g/mol. The fraction of sp³-hybridized carbons (Fsp3) is 1.00. The summed E-state index contributed by atoms with van der Waals surface area (Å²) in [5, 5.41) is 0. The molecule has 0 bridgehead atoms. The van der Waals surface area contributed by atoms with E-state index in [1.54, 1.807) is 0 Å². The Kier molecular flexibility index (Phi) is 3.42. The largest absolute Gasteiger partial charge is 0.455 e. The molecule has 0 aliphatic carbocycles. The van der Waals surface area contributed by atoms with Gasteiger partial charge in [0.25, 0.3) is 20.2 Å². The van der Waals surface area contributed by atoms with Gasteiger partial charge in [-0.1, -0.05) is 0 Å². The van der Waals surface area contributed by atoms with E-state index in [9.17, 15) is 43.2 Å². The fourth-order valence-corrected chi connectivity index (χ4v) is 3.78. The molecule has 19 heavy (non-hydrogen) atoms. The van der Waals surface area contributed by atoms with Gasteiger partial charge in [0.1, 0.15) is 0 Å². The van der Waals surface area contributed by atoms with Crippen molar-refractivity contribution in [3.8, 4) is 0 Å². The average Bonchev–Trinajstić information content (AvgIpc) is 2.09. The van der Waals surface area contributed by atoms with Crippen molar-refractivity contribution in [1.82, 2.24) is 0 Å². The predicted octanol–water partition coefficient (Wildman–Crippen LogP) is 0.860. The molecule has 114 valence electrons. The molecule has 1 heterocycles. The van der Waals surface area contributed by atoms with Crippen LogP contribution in [0.2, 0.25) is 0 Å². The summed E-state index contributed by atoms with van der Waals surface area (Å²) in [6, 6.07) is 0. The molecule has 0 N–H and O–H groups in total. The first-order valence-corrected chi connectivity index (χ1v) is 7.03. The van der Waals surface area contributed by atoms with Gasteiger partial charge in [-0.05, 0) is 6.92 Å². The van der Waals surface area contributed by atoms with Gasteiger partial charge in [0, 0.05) is 0 Å². The minimum atomic E-state index is -6.48. The topological polar surface area (TPSA) is 86.7 Å². The van der Waals surface area contributed by atoms with E-state index in [0.29, 0.717) is 6.92 Å². The lowest BCUT2D eigenvalue weighted by atomic mass is 10.3.